The van der Waals surface area contributed by atoms with Gasteiger partial charge >= 0.3 is 0 Å². The van der Waals surface area contributed by atoms with Crippen molar-refractivity contribution in [1.82, 2.24) is 10.6 Å². The van der Waals surface area contributed by atoms with E-state index in [0.29, 0.717) is 19.5 Å². The second-order valence-electron chi connectivity index (χ2n) is 3.69. The molecular weight excluding hydrogens is 178 g/mol. The van der Waals surface area contributed by atoms with E-state index < -0.39 is 0 Å². The van der Waals surface area contributed by atoms with Crippen LogP contribution in [-0.2, 0) is 4.79 Å². The van der Waals surface area contributed by atoms with Crippen LogP contribution >= 0.6 is 0 Å². The number of nitrogens with one attached hydrogen (secondary N) is 2. The molecule has 1 rings (SSSR count). The molecule has 0 aromatic heterocycles. The van der Waals surface area contributed by atoms with E-state index in [2.05, 4.69) is 10.6 Å². The van der Waals surface area contributed by atoms with Crippen molar-refractivity contribution >= 4 is 5.91 Å². The van der Waals surface area contributed by atoms with Gasteiger partial charge in [0.2, 0.25) is 5.91 Å². The molecule has 0 unspecified atom stereocenters. The molecular formula is C10H17N3O. The fourth-order valence-electron chi connectivity index (χ4n) is 1.17. The number of hydrogen-bond acceptors (Lipinski definition) is 3. The van der Waals surface area contributed by atoms with Gasteiger partial charge in [-0.25, -0.2) is 0 Å². The maximum atomic E-state index is 11.2. The number of carbonyl (C=O) groups excluding carboxylic acids is 1. The van der Waals surface area contributed by atoms with Crippen molar-refractivity contribution in [3.8, 4) is 6.07 Å². The lowest BCUT2D eigenvalue weighted by atomic mass is 10.3. The molecule has 78 valence electrons. The summed E-state index contributed by atoms with van der Waals surface area (Å²) in [6, 6.07) is 2.04. The lowest BCUT2D eigenvalue weighted by Crippen LogP contribution is -2.35. The van der Waals surface area contributed by atoms with Crippen LogP contribution in [0.3, 0.4) is 0 Å². The van der Waals surface area contributed by atoms with Crippen LogP contribution in [0.15, 0.2) is 0 Å². The van der Waals surface area contributed by atoms with Gasteiger partial charge in [0.1, 0.15) is 0 Å². The van der Waals surface area contributed by atoms with Crippen molar-refractivity contribution in [2.75, 3.05) is 19.6 Å². The normalized spacial score (nSPS) is 14.8. The molecule has 0 spiro atoms. The van der Waals surface area contributed by atoms with Crippen LogP contribution in [-0.4, -0.2) is 25.5 Å². The van der Waals surface area contributed by atoms with Crippen LogP contribution in [0.25, 0.3) is 0 Å². The standard InChI is InChI=1S/C10H17N3O/c11-5-1-2-6-13-10(14)8-12-7-9-3-4-9/h9,12H,1-4,6-8H2,(H,13,14). The van der Waals surface area contributed by atoms with Crippen molar-refractivity contribution in [3.63, 3.8) is 0 Å². The highest BCUT2D eigenvalue weighted by Gasteiger charge is 2.20. The third-order valence-corrected chi connectivity index (χ3v) is 2.20. The number of rotatable bonds is 7. The lowest BCUT2D eigenvalue weighted by Gasteiger charge is -2.04. The summed E-state index contributed by atoms with van der Waals surface area (Å²) >= 11 is 0. The molecule has 1 aliphatic rings. The average molecular weight is 195 g/mol. The minimum atomic E-state index is 0.0311. The SMILES string of the molecule is N#CCCCNC(=O)CNCC1CC1. The zero-order valence-electron chi connectivity index (χ0n) is 8.38. The molecule has 1 fully saturated rings. The van der Waals surface area contributed by atoms with E-state index in [0.717, 1.165) is 18.9 Å². The van der Waals surface area contributed by atoms with Gasteiger partial charge < -0.3 is 10.6 Å². The first-order valence-corrected chi connectivity index (χ1v) is 5.17. The third-order valence-electron chi connectivity index (χ3n) is 2.20. The molecule has 1 aliphatic carbocycles. The molecule has 0 aliphatic heterocycles. The third kappa shape index (κ3) is 5.55. The summed E-state index contributed by atoms with van der Waals surface area (Å²) in [6.45, 7) is 1.98. The molecule has 0 heterocycles. The quantitative estimate of drug-likeness (QED) is 0.578. The number of hydrogen-bond donors (Lipinski definition) is 2. The summed E-state index contributed by atoms with van der Waals surface area (Å²) in [5.74, 6) is 0.838. The van der Waals surface area contributed by atoms with E-state index in [1.165, 1.54) is 12.8 Å². The summed E-state index contributed by atoms with van der Waals surface area (Å²) in [7, 11) is 0. The molecule has 2 N–H and O–H groups in total. The largest absolute Gasteiger partial charge is 0.355 e. The van der Waals surface area contributed by atoms with E-state index in [9.17, 15) is 4.79 Å². The Labute approximate surface area is 84.7 Å². The molecule has 1 saturated carbocycles. The van der Waals surface area contributed by atoms with Gasteiger partial charge in [-0.15, -0.1) is 0 Å². The molecule has 1 amide bonds. The second kappa shape index (κ2) is 6.39. The Bertz CT molecular complexity index is 218. The van der Waals surface area contributed by atoms with Gasteiger partial charge in [-0.3, -0.25) is 4.79 Å². The minimum Gasteiger partial charge on any atom is -0.355 e. The summed E-state index contributed by atoms with van der Waals surface area (Å²) in [5.41, 5.74) is 0. The predicted octanol–water partition coefficient (Wildman–Crippen LogP) is 0.406. The number of nitrogens with zero attached hydrogens (tertiary/aromatic N) is 1. The van der Waals surface area contributed by atoms with Crippen LogP contribution in [0.1, 0.15) is 25.7 Å². The Hall–Kier alpha value is -1.08. The molecule has 0 bridgehead atoms. The Balaban J connectivity index is 1.85. The van der Waals surface area contributed by atoms with E-state index >= 15 is 0 Å². The molecule has 14 heavy (non-hydrogen) atoms. The average Bonchev–Trinajstić information content (AvgIpc) is 2.96. The Morgan fingerprint density at radius 2 is 2.29 bits per heavy atom. The lowest BCUT2D eigenvalue weighted by molar-refractivity contribution is -0.120. The van der Waals surface area contributed by atoms with Crippen LogP contribution in [0.2, 0.25) is 0 Å². The van der Waals surface area contributed by atoms with Crippen LogP contribution < -0.4 is 10.6 Å². The highest BCUT2D eigenvalue weighted by molar-refractivity contribution is 5.77. The van der Waals surface area contributed by atoms with Crippen molar-refractivity contribution in [1.29, 1.82) is 5.26 Å². The van der Waals surface area contributed by atoms with Gasteiger partial charge in [0, 0.05) is 13.0 Å². The molecule has 0 aromatic carbocycles. The maximum Gasteiger partial charge on any atom is 0.233 e. The van der Waals surface area contributed by atoms with Crippen LogP contribution in [0.4, 0.5) is 0 Å². The minimum absolute atomic E-state index is 0.0311. The molecule has 4 heteroatoms. The van der Waals surface area contributed by atoms with Gasteiger partial charge in [-0.05, 0) is 31.7 Å². The van der Waals surface area contributed by atoms with Gasteiger partial charge in [0.25, 0.3) is 0 Å². The first-order valence-electron chi connectivity index (χ1n) is 5.17. The van der Waals surface area contributed by atoms with E-state index in [-0.39, 0.29) is 5.91 Å². The number of amides is 1. The number of nitriles is 1. The Morgan fingerprint density at radius 3 is 2.93 bits per heavy atom. The maximum absolute atomic E-state index is 11.2. The fraction of sp³-hybridized carbons (Fsp3) is 0.800. The highest BCUT2D eigenvalue weighted by Crippen LogP contribution is 2.27. The van der Waals surface area contributed by atoms with Crippen LogP contribution in [0.5, 0.6) is 0 Å². The monoisotopic (exact) mass is 195 g/mol. The zero-order valence-corrected chi connectivity index (χ0v) is 8.38. The van der Waals surface area contributed by atoms with Gasteiger partial charge in [-0.1, -0.05) is 0 Å². The molecule has 4 nitrogen and oxygen atoms in total. The zero-order chi connectivity index (χ0) is 10.2. The topological polar surface area (TPSA) is 64.9 Å². The predicted molar refractivity (Wildman–Crippen MR) is 53.5 cm³/mol. The van der Waals surface area contributed by atoms with E-state index in [4.69, 9.17) is 5.26 Å². The summed E-state index contributed by atoms with van der Waals surface area (Å²) in [5, 5.41) is 14.1. The van der Waals surface area contributed by atoms with Crippen molar-refractivity contribution in [2.24, 2.45) is 5.92 Å². The van der Waals surface area contributed by atoms with Crippen LogP contribution in [0, 0.1) is 17.2 Å². The molecule has 0 atom stereocenters. The summed E-state index contributed by atoms with van der Waals surface area (Å²) in [6.07, 6.45) is 3.86. The van der Waals surface area contributed by atoms with Gasteiger partial charge in [0.15, 0.2) is 0 Å². The summed E-state index contributed by atoms with van der Waals surface area (Å²) in [4.78, 5) is 11.2. The first kappa shape index (κ1) is 11.0. The van der Waals surface area contributed by atoms with Gasteiger partial charge in [0.05, 0.1) is 12.6 Å². The molecule has 0 saturated heterocycles. The highest BCUT2D eigenvalue weighted by atomic mass is 16.1. The van der Waals surface area contributed by atoms with E-state index in [1.807, 2.05) is 6.07 Å². The first-order chi connectivity index (χ1) is 6.83. The Morgan fingerprint density at radius 1 is 1.50 bits per heavy atom. The Kier molecular flexibility index (Phi) is 5.02. The molecule has 0 radical (unpaired) electrons. The smallest absolute Gasteiger partial charge is 0.233 e. The van der Waals surface area contributed by atoms with Crippen molar-refractivity contribution < 1.29 is 4.79 Å². The summed E-state index contributed by atoms with van der Waals surface area (Å²) < 4.78 is 0. The molecule has 0 aromatic rings. The van der Waals surface area contributed by atoms with E-state index in [1.54, 1.807) is 0 Å². The fourth-order valence-corrected chi connectivity index (χ4v) is 1.17. The van der Waals surface area contributed by atoms with Gasteiger partial charge in [-0.2, -0.15) is 5.26 Å². The van der Waals surface area contributed by atoms with Crippen molar-refractivity contribution in [3.05, 3.63) is 0 Å². The van der Waals surface area contributed by atoms with Crippen molar-refractivity contribution in [2.45, 2.75) is 25.7 Å². The number of carbonyl (C=O) groups is 1. The second-order valence-corrected chi connectivity index (χ2v) is 3.69. The number of unbranched alkanes of at least 4 members (excludes halogenated alkanes) is 1.